The Balaban J connectivity index is 3.42. The Morgan fingerprint density at radius 1 is 0.535 bits per heavy atom. The van der Waals surface area contributed by atoms with Gasteiger partial charge in [-0.05, 0) is 64.2 Å². The van der Waals surface area contributed by atoms with E-state index in [0.717, 1.165) is 19.3 Å². The van der Waals surface area contributed by atoms with Crippen LogP contribution in [0.3, 0.4) is 0 Å². The standard InChI is InChI=1S/C39H74O4/c1-3-5-7-9-11-13-15-17-18-19-20-21-22-23-25-27-29-31-33-35-42-37-38(36-40)43-39(41)34-32-30-28-26-24-16-14-12-10-8-6-4-2/h12,14,18-19,38,40H,3-11,13,15-17,20-37H2,1-2H3/b14-12-,19-18-. The molecule has 0 radical (unpaired) electrons. The van der Waals surface area contributed by atoms with E-state index in [2.05, 4.69) is 38.2 Å². The van der Waals surface area contributed by atoms with Gasteiger partial charge in [0.15, 0.2) is 0 Å². The first-order valence-corrected chi connectivity index (χ1v) is 18.9. The van der Waals surface area contributed by atoms with Crippen LogP contribution in [0.25, 0.3) is 0 Å². The zero-order chi connectivity index (χ0) is 31.3. The highest BCUT2D eigenvalue weighted by atomic mass is 16.6. The number of esters is 1. The van der Waals surface area contributed by atoms with E-state index in [0.29, 0.717) is 19.6 Å². The molecule has 0 bridgehead atoms. The highest BCUT2D eigenvalue weighted by molar-refractivity contribution is 5.69. The Morgan fingerprint density at radius 2 is 0.907 bits per heavy atom. The van der Waals surface area contributed by atoms with Gasteiger partial charge in [0.2, 0.25) is 0 Å². The fourth-order valence-electron chi connectivity index (χ4n) is 5.38. The van der Waals surface area contributed by atoms with Gasteiger partial charge in [-0.1, -0.05) is 147 Å². The van der Waals surface area contributed by atoms with Gasteiger partial charge in [0, 0.05) is 13.0 Å². The minimum absolute atomic E-state index is 0.174. The molecule has 1 N–H and O–H groups in total. The van der Waals surface area contributed by atoms with Crippen molar-refractivity contribution < 1.29 is 19.4 Å². The van der Waals surface area contributed by atoms with Crippen LogP contribution < -0.4 is 0 Å². The third kappa shape index (κ3) is 35.2. The molecule has 0 spiro atoms. The average molecular weight is 607 g/mol. The van der Waals surface area contributed by atoms with Crippen molar-refractivity contribution in [1.82, 2.24) is 0 Å². The summed E-state index contributed by atoms with van der Waals surface area (Å²) in [7, 11) is 0. The SMILES string of the molecule is CCCCC/C=C\CCCCCCCC(=O)OC(CO)COCCCCCCCCCC/C=C\CCCCCCCCC. The fraction of sp³-hybridized carbons (Fsp3) is 0.872. The number of ether oxygens (including phenoxy) is 2. The van der Waals surface area contributed by atoms with E-state index in [9.17, 15) is 9.90 Å². The zero-order valence-corrected chi connectivity index (χ0v) is 29.0. The number of hydrogen-bond donors (Lipinski definition) is 1. The van der Waals surface area contributed by atoms with Gasteiger partial charge in [0.1, 0.15) is 6.10 Å². The number of carbonyl (C=O) groups excluding carboxylic acids is 1. The van der Waals surface area contributed by atoms with E-state index in [1.807, 2.05) is 0 Å². The molecule has 254 valence electrons. The summed E-state index contributed by atoms with van der Waals surface area (Å²) >= 11 is 0. The first-order valence-electron chi connectivity index (χ1n) is 18.9. The zero-order valence-electron chi connectivity index (χ0n) is 29.0. The number of hydrogen-bond acceptors (Lipinski definition) is 4. The molecule has 0 aliphatic rings. The van der Waals surface area contributed by atoms with Gasteiger partial charge < -0.3 is 14.6 Å². The lowest BCUT2D eigenvalue weighted by atomic mass is 10.1. The molecule has 0 aromatic heterocycles. The van der Waals surface area contributed by atoms with Crippen LogP contribution in [0.4, 0.5) is 0 Å². The van der Waals surface area contributed by atoms with E-state index < -0.39 is 6.10 Å². The lowest BCUT2D eigenvalue weighted by molar-refractivity contribution is -0.154. The van der Waals surface area contributed by atoms with Crippen LogP contribution in [0.5, 0.6) is 0 Å². The predicted octanol–water partition coefficient (Wildman–Crippen LogP) is 12.0. The Hall–Kier alpha value is -1.13. The smallest absolute Gasteiger partial charge is 0.306 e. The molecule has 0 saturated heterocycles. The lowest BCUT2D eigenvalue weighted by Crippen LogP contribution is -2.27. The summed E-state index contributed by atoms with van der Waals surface area (Å²) in [6.07, 6.45) is 43.6. The Bertz CT molecular complexity index is 600. The molecule has 1 atom stereocenters. The van der Waals surface area contributed by atoms with Crippen LogP contribution in [-0.4, -0.2) is 37.0 Å². The molecule has 43 heavy (non-hydrogen) atoms. The van der Waals surface area contributed by atoms with Gasteiger partial charge >= 0.3 is 5.97 Å². The van der Waals surface area contributed by atoms with Crippen molar-refractivity contribution in [1.29, 1.82) is 0 Å². The van der Waals surface area contributed by atoms with Crippen LogP contribution in [0, 0.1) is 0 Å². The second-order valence-electron chi connectivity index (χ2n) is 12.6. The minimum Gasteiger partial charge on any atom is -0.457 e. The number of allylic oxidation sites excluding steroid dienone is 4. The number of unbranched alkanes of at least 4 members (excludes halogenated alkanes) is 23. The van der Waals surface area contributed by atoms with Crippen molar-refractivity contribution >= 4 is 5.97 Å². The number of carbonyl (C=O) groups is 1. The summed E-state index contributed by atoms with van der Waals surface area (Å²) in [5.41, 5.74) is 0. The molecule has 1 unspecified atom stereocenters. The highest BCUT2D eigenvalue weighted by Crippen LogP contribution is 2.13. The fourth-order valence-corrected chi connectivity index (χ4v) is 5.38. The molecular weight excluding hydrogens is 532 g/mol. The number of aliphatic hydroxyl groups is 1. The van der Waals surface area contributed by atoms with Crippen LogP contribution in [-0.2, 0) is 14.3 Å². The molecule has 0 fully saturated rings. The molecule has 0 heterocycles. The molecule has 0 saturated carbocycles. The van der Waals surface area contributed by atoms with Gasteiger partial charge in [-0.25, -0.2) is 0 Å². The first kappa shape index (κ1) is 41.9. The van der Waals surface area contributed by atoms with Gasteiger partial charge in [-0.2, -0.15) is 0 Å². The summed E-state index contributed by atoms with van der Waals surface area (Å²) in [6.45, 7) is 5.32. The average Bonchev–Trinajstić information content (AvgIpc) is 3.01. The van der Waals surface area contributed by atoms with Gasteiger partial charge in [0.25, 0.3) is 0 Å². The maximum atomic E-state index is 12.1. The van der Waals surface area contributed by atoms with E-state index in [-0.39, 0.29) is 12.6 Å². The molecule has 0 aromatic rings. The Labute approximate surface area is 268 Å². The van der Waals surface area contributed by atoms with Crippen molar-refractivity contribution in [2.45, 2.75) is 200 Å². The van der Waals surface area contributed by atoms with Crippen molar-refractivity contribution in [3.63, 3.8) is 0 Å². The van der Waals surface area contributed by atoms with Gasteiger partial charge in [0.05, 0.1) is 13.2 Å². The third-order valence-electron chi connectivity index (χ3n) is 8.25. The molecule has 0 aromatic carbocycles. The minimum atomic E-state index is -0.535. The third-order valence-corrected chi connectivity index (χ3v) is 8.25. The topological polar surface area (TPSA) is 55.8 Å². The van der Waals surface area contributed by atoms with E-state index >= 15 is 0 Å². The molecule has 0 aliphatic heterocycles. The second-order valence-corrected chi connectivity index (χ2v) is 12.6. The van der Waals surface area contributed by atoms with Gasteiger partial charge in [-0.15, -0.1) is 0 Å². The number of rotatable bonds is 35. The largest absolute Gasteiger partial charge is 0.457 e. The molecule has 0 aliphatic carbocycles. The maximum Gasteiger partial charge on any atom is 0.306 e. The summed E-state index contributed by atoms with van der Waals surface area (Å²) in [4.78, 5) is 12.1. The van der Waals surface area contributed by atoms with Crippen molar-refractivity contribution in [3.8, 4) is 0 Å². The lowest BCUT2D eigenvalue weighted by Gasteiger charge is -2.15. The second kappa shape index (κ2) is 37.1. The quantitative estimate of drug-likeness (QED) is 0.0443. The van der Waals surface area contributed by atoms with E-state index in [1.165, 1.54) is 154 Å². The molecule has 0 amide bonds. The molecule has 4 nitrogen and oxygen atoms in total. The monoisotopic (exact) mass is 607 g/mol. The van der Waals surface area contributed by atoms with E-state index in [1.54, 1.807) is 0 Å². The van der Waals surface area contributed by atoms with Crippen molar-refractivity contribution in [2.24, 2.45) is 0 Å². The highest BCUT2D eigenvalue weighted by Gasteiger charge is 2.13. The van der Waals surface area contributed by atoms with Crippen LogP contribution in [0.1, 0.15) is 194 Å². The van der Waals surface area contributed by atoms with Crippen LogP contribution >= 0.6 is 0 Å². The van der Waals surface area contributed by atoms with Crippen LogP contribution in [0.2, 0.25) is 0 Å². The summed E-state index contributed by atoms with van der Waals surface area (Å²) < 4.78 is 11.1. The predicted molar refractivity (Wildman–Crippen MR) is 187 cm³/mol. The molecule has 0 rings (SSSR count). The Morgan fingerprint density at radius 3 is 1.37 bits per heavy atom. The molecular formula is C39H74O4. The number of aliphatic hydroxyl groups excluding tert-OH is 1. The normalized spacial score (nSPS) is 12.5. The van der Waals surface area contributed by atoms with E-state index in [4.69, 9.17) is 9.47 Å². The summed E-state index contributed by atoms with van der Waals surface area (Å²) in [6, 6.07) is 0. The van der Waals surface area contributed by atoms with Gasteiger partial charge in [-0.3, -0.25) is 4.79 Å². The van der Waals surface area contributed by atoms with Crippen molar-refractivity contribution in [2.75, 3.05) is 19.8 Å². The van der Waals surface area contributed by atoms with Crippen molar-refractivity contribution in [3.05, 3.63) is 24.3 Å². The first-order chi connectivity index (χ1) is 21.2. The Kier molecular flexibility index (Phi) is 36.1. The van der Waals surface area contributed by atoms with Crippen LogP contribution in [0.15, 0.2) is 24.3 Å². The maximum absolute atomic E-state index is 12.1. The summed E-state index contributed by atoms with van der Waals surface area (Å²) in [5, 5.41) is 9.55. The summed E-state index contributed by atoms with van der Waals surface area (Å²) in [5.74, 6) is -0.211. The molecule has 4 heteroatoms.